The third-order valence-corrected chi connectivity index (χ3v) is 5.33. The highest BCUT2D eigenvalue weighted by atomic mass is 35.5. The topological polar surface area (TPSA) is 78.2 Å². The van der Waals surface area contributed by atoms with E-state index in [1.807, 2.05) is 4.90 Å². The summed E-state index contributed by atoms with van der Waals surface area (Å²) in [5, 5.41) is 13.3. The molecule has 0 saturated carbocycles. The molecule has 1 aliphatic heterocycles. The Morgan fingerprint density at radius 2 is 2.21 bits per heavy atom. The largest absolute Gasteiger partial charge is 0.385 e. The zero-order valence-corrected chi connectivity index (χ0v) is 16.4. The van der Waals surface area contributed by atoms with Gasteiger partial charge in [0.05, 0.1) is 16.3 Å². The second-order valence-corrected chi connectivity index (χ2v) is 7.19. The minimum atomic E-state index is -0.476. The van der Waals surface area contributed by atoms with Gasteiger partial charge < -0.3 is 15.0 Å². The van der Waals surface area contributed by atoms with Gasteiger partial charge in [0, 0.05) is 50.9 Å². The van der Waals surface area contributed by atoms with Gasteiger partial charge in [-0.2, -0.15) is 5.26 Å². The van der Waals surface area contributed by atoms with Crippen LogP contribution in [0.3, 0.4) is 0 Å². The van der Waals surface area contributed by atoms with E-state index >= 15 is 0 Å². The highest BCUT2D eigenvalue weighted by Gasteiger charge is 2.28. The number of methoxy groups -OCH3 is 1. The lowest BCUT2D eigenvalue weighted by Crippen LogP contribution is -2.41. The van der Waals surface area contributed by atoms with Crippen molar-refractivity contribution >= 4 is 34.1 Å². The first-order valence-corrected chi connectivity index (χ1v) is 9.63. The van der Waals surface area contributed by atoms with E-state index in [1.54, 1.807) is 7.11 Å². The average Bonchev–Trinajstić information content (AvgIpc) is 2.73. The summed E-state index contributed by atoms with van der Waals surface area (Å²) in [6.45, 7) is 2.37. The van der Waals surface area contributed by atoms with Gasteiger partial charge in [0.2, 0.25) is 5.91 Å². The first kappa shape index (κ1) is 20.3. The quantitative estimate of drug-likeness (QED) is 0.747. The number of rotatable bonds is 6. The Morgan fingerprint density at radius 3 is 2.89 bits per heavy atom. The van der Waals surface area contributed by atoms with Gasteiger partial charge in [0.1, 0.15) is 17.4 Å². The van der Waals surface area contributed by atoms with E-state index in [-0.39, 0.29) is 17.3 Å². The Bertz CT molecular complexity index is 907. The van der Waals surface area contributed by atoms with Crippen LogP contribution in [0.15, 0.2) is 18.3 Å². The summed E-state index contributed by atoms with van der Waals surface area (Å²) in [6.07, 6.45) is 3.46. The Hall–Kier alpha value is -2.43. The number of carbonyl (C=O) groups is 1. The maximum atomic E-state index is 14.2. The molecule has 1 fully saturated rings. The maximum absolute atomic E-state index is 14.2. The Kier molecular flexibility index (Phi) is 6.65. The number of benzene rings is 1. The molecular formula is C20H22ClFN4O2. The molecule has 1 N–H and O–H groups in total. The van der Waals surface area contributed by atoms with E-state index in [4.69, 9.17) is 16.3 Å². The van der Waals surface area contributed by atoms with Crippen molar-refractivity contribution in [3.63, 3.8) is 0 Å². The molecule has 1 aromatic heterocycles. The summed E-state index contributed by atoms with van der Waals surface area (Å²) < 4.78 is 19.2. The highest BCUT2D eigenvalue weighted by molar-refractivity contribution is 6.36. The van der Waals surface area contributed by atoms with Crippen LogP contribution in [0.25, 0.3) is 10.9 Å². The fraction of sp³-hybridized carbons (Fsp3) is 0.450. The molecule has 0 radical (unpaired) electrons. The molecule has 6 nitrogen and oxygen atoms in total. The Morgan fingerprint density at radius 1 is 1.46 bits per heavy atom. The monoisotopic (exact) mass is 404 g/mol. The summed E-state index contributed by atoms with van der Waals surface area (Å²) in [4.78, 5) is 18.4. The lowest BCUT2D eigenvalue weighted by molar-refractivity contribution is -0.125. The van der Waals surface area contributed by atoms with Gasteiger partial charge in [-0.15, -0.1) is 0 Å². The summed E-state index contributed by atoms with van der Waals surface area (Å²) in [6, 6.07) is 4.88. The van der Waals surface area contributed by atoms with Crippen molar-refractivity contribution in [3.8, 4) is 6.07 Å². The third-order valence-electron chi connectivity index (χ3n) is 5.02. The number of halogens is 2. The zero-order chi connectivity index (χ0) is 20.1. The molecule has 2 aromatic rings. The Labute approximate surface area is 168 Å². The number of carbonyl (C=O) groups excluding carboxylic acids is 1. The average molecular weight is 405 g/mol. The molecule has 8 heteroatoms. The number of piperidine rings is 1. The van der Waals surface area contributed by atoms with Crippen LogP contribution in [0.4, 0.5) is 10.1 Å². The van der Waals surface area contributed by atoms with E-state index in [9.17, 15) is 14.4 Å². The summed E-state index contributed by atoms with van der Waals surface area (Å²) >= 11 is 6.33. The minimum Gasteiger partial charge on any atom is -0.385 e. The number of hydrogen-bond acceptors (Lipinski definition) is 5. The number of anilines is 1. The normalized spacial score (nSPS) is 14.9. The lowest BCUT2D eigenvalue weighted by Gasteiger charge is -2.34. The van der Waals surface area contributed by atoms with Gasteiger partial charge in [-0.3, -0.25) is 9.78 Å². The van der Waals surface area contributed by atoms with Gasteiger partial charge in [-0.05, 0) is 31.4 Å². The van der Waals surface area contributed by atoms with E-state index in [1.165, 1.54) is 18.3 Å². The third kappa shape index (κ3) is 4.18. The lowest BCUT2D eigenvalue weighted by atomic mass is 9.94. The summed E-state index contributed by atoms with van der Waals surface area (Å²) in [5.41, 5.74) is 1.10. The molecule has 0 unspecified atom stereocenters. The number of hydrogen-bond donors (Lipinski definition) is 1. The smallest absolute Gasteiger partial charge is 0.223 e. The number of nitrogens with one attached hydrogen (secondary N) is 1. The van der Waals surface area contributed by atoms with Crippen LogP contribution >= 0.6 is 11.6 Å². The van der Waals surface area contributed by atoms with Crippen LogP contribution in [-0.4, -0.2) is 44.2 Å². The SMILES string of the molecule is COCCCNC(=O)C1CCN(c2c(C#N)cnc3c(F)ccc(Cl)c23)CC1. The second kappa shape index (κ2) is 9.18. The number of aromatic nitrogens is 1. The molecule has 1 amide bonds. The Balaban J connectivity index is 1.77. The van der Waals surface area contributed by atoms with Crippen LogP contribution in [0.1, 0.15) is 24.8 Å². The molecule has 0 atom stereocenters. The number of fused-ring (bicyclic) bond motifs is 1. The summed E-state index contributed by atoms with van der Waals surface area (Å²) in [7, 11) is 1.63. The molecule has 2 heterocycles. The molecule has 0 bridgehead atoms. The number of nitrogens with zero attached hydrogens (tertiary/aromatic N) is 3. The van der Waals surface area contributed by atoms with Crippen molar-refractivity contribution in [1.82, 2.24) is 10.3 Å². The number of ether oxygens (including phenoxy) is 1. The molecular weight excluding hydrogens is 383 g/mol. The fourth-order valence-electron chi connectivity index (χ4n) is 3.57. The maximum Gasteiger partial charge on any atom is 0.223 e. The standard InChI is InChI=1S/C20H22ClFN4O2/c1-28-10-2-7-24-20(27)13-5-8-26(9-6-13)19-14(11-23)12-25-18-16(22)4-3-15(21)17(18)19/h3-4,12-13H,2,5-10H2,1H3,(H,24,27). The predicted molar refractivity (Wildman–Crippen MR) is 106 cm³/mol. The van der Waals surface area contributed by atoms with Gasteiger partial charge >= 0.3 is 0 Å². The summed E-state index contributed by atoms with van der Waals surface area (Å²) in [5.74, 6) is -0.514. The number of pyridine rings is 1. The minimum absolute atomic E-state index is 0.0416. The molecule has 148 valence electrons. The van der Waals surface area contributed by atoms with Gasteiger partial charge in [-0.1, -0.05) is 11.6 Å². The number of nitriles is 1. The molecule has 1 aromatic carbocycles. The molecule has 3 rings (SSSR count). The van der Waals surface area contributed by atoms with Crippen molar-refractivity contribution in [2.75, 3.05) is 38.3 Å². The van der Waals surface area contributed by atoms with Crippen molar-refractivity contribution in [2.45, 2.75) is 19.3 Å². The van der Waals surface area contributed by atoms with Gasteiger partial charge in [0.15, 0.2) is 0 Å². The fourth-order valence-corrected chi connectivity index (χ4v) is 3.81. The van der Waals surface area contributed by atoms with Crippen LogP contribution in [0.5, 0.6) is 0 Å². The predicted octanol–water partition coefficient (Wildman–Crippen LogP) is 3.27. The van der Waals surface area contributed by atoms with E-state index in [0.29, 0.717) is 60.7 Å². The first-order chi connectivity index (χ1) is 13.6. The molecule has 28 heavy (non-hydrogen) atoms. The van der Waals surface area contributed by atoms with Gasteiger partial charge in [-0.25, -0.2) is 4.39 Å². The molecule has 1 saturated heterocycles. The van der Waals surface area contributed by atoms with E-state index in [0.717, 1.165) is 6.42 Å². The second-order valence-electron chi connectivity index (χ2n) is 6.78. The van der Waals surface area contributed by atoms with Crippen molar-refractivity contribution in [3.05, 3.63) is 34.7 Å². The van der Waals surface area contributed by atoms with Gasteiger partial charge in [0.25, 0.3) is 0 Å². The van der Waals surface area contributed by atoms with Crippen molar-refractivity contribution in [2.24, 2.45) is 5.92 Å². The van der Waals surface area contributed by atoms with Crippen molar-refractivity contribution in [1.29, 1.82) is 5.26 Å². The van der Waals surface area contributed by atoms with E-state index in [2.05, 4.69) is 16.4 Å². The van der Waals surface area contributed by atoms with Crippen molar-refractivity contribution < 1.29 is 13.9 Å². The molecule has 0 spiro atoms. The first-order valence-electron chi connectivity index (χ1n) is 9.25. The van der Waals surface area contributed by atoms with Crippen LogP contribution < -0.4 is 10.2 Å². The van der Waals surface area contributed by atoms with Crippen LogP contribution in [-0.2, 0) is 9.53 Å². The molecule has 0 aliphatic carbocycles. The van der Waals surface area contributed by atoms with E-state index < -0.39 is 5.82 Å². The van der Waals surface area contributed by atoms with Crippen LogP contribution in [0.2, 0.25) is 5.02 Å². The molecule has 1 aliphatic rings. The van der Waals surface area contributed by atoms with Crippen LogP contribution in [0, 0.1) is 23.1 Å². The zero-order valence-electron chi connectivity index (χ0n) is 15.7. The number of amides is 1. The highest BCUT2D eigenvalue weighted by Crippen LogP contribution is 2.37.